The Kier molecular flexibility index (Phi) is 3.69. The van der Waals surface area contributed by atoms with E-state index in [-0.39, 0.29) is 17.4 Å². The first-order valence-electron chi connectivity index (χ1n) is 10.7. The van der Waals surface area contributed by atoms with Crippen LogP contribution in [0.25, 0.3) is 0 Å². The maximum atomic E-state index is 12.8. The summed E-state index contributed by atoms with van der Waals surface area (Å²) in [6, 6.07) is 0. The highest BCUT2D eigenvalue weighted by molar-refractivity contribution is 5.84. The SMILES string of the molecule is O=C1CCC2(CC(C(=O)N3CC4(CC[C@@H](C5CCCCC5)C4)C3)C2)N1. The zero-order valence-electron chi connectivity index (χ0n) is 15.4. The third kappa shape index (κ3) is 2.71. The van der Waals surface area contributed by atoms with Crippen molar-refractivity contribution in [2.45, 2.75) is 82.6 Å². The molecule has 0 bridgehead atoms. The molecular weight excluding hydrogens is 312 g/mol. The fraction of sp³-hybridized carbons (Fsp3) is 0.905. The van der Waals surface area contributed by atoms with Crippen molar-refractivity contribution in [2.75, 3.05) is 13.1 Å². The minimum Gasteiger partial charge on any atom is -0.351 e. The normalized spacial score (nSPS) is 40.2. The smallest absolute Gasteiger partial charge is 0.225 e. The van der Waals surface area contributed by atoms with Gasteiger partial charge in [0.15, 0.2) is 0 Å². The Bertz CT molecular complexity index is 568. The molecule has 4 heteroatoms. The highest BCUT2D eigenvalue weighted by Crippen LogP contribution is 2.53. The third-order valence-electron chi connectivity index (χ3n) is 8.28. The van der Waals surface area contributed by atoms with Gasteiger partial charge in [0.05, 0.1) is 0 Å². The molecule has 2 aliphatic heterocycles. The number of carbonyl (C=O) groups excluding carboxylic acids is 2. The third-order valence-corrected chi connectivity index (χ3v) is 8.28. The van der Waals surface area contributed by atoms with E-state index < -0.39 is 0 Å². The summed E-state index contributed by atoms with van der Waals surface area (Å²) in [6.07, 6.45) is 14.7. The summed E-state index contributed by atoms with van der Waals surface area (Å²) in [5, 5.41) is 3.11. The maximum Gasteiger partial charge on any atom is 0.225 e. The Labute approximate surface area is 151 Å². The van der Waals surface area contributed by atoms with Crippen LogP contribution in [-0.4, -0.2) is 35.3 Å². The zero-order valence-corrected chi connectivity index (χ0v) is 15.4. The van der Waals surface area contributed by atoms with Gasteiger partial charge < -0.3 is 10.2 Å². The molecule has 0 unspecified atom stereocenters. The van der Waals surface area contributed by atoms with E-state index in [9.17, 15) is 9.59 Å². The number of hydrogen-bond donors (Lipinski definition) is 1. The van der Waals surface area contributed by atoms with Gasteiger partial charge >= 0.3 is 0 Å². The first-order valence-corrected chi connectivity index (χ1v) is 10.7. The lowest BCUT2D eigenvalue weighted by Gasteiger charge is -2.53. The topological polar surface area (TPSA) is 49.4 Å². The van der Waals surface area contributed by atoms with Gasteiger partial charge in [-0.05, 0) is 50.4 Å². The summed E-state index contributed by atoms with van der Waals surface area (Å²) in [5.74, 6) is 2.65. The van der Waals surface area contributed by atoms with Gasteiger partial charge in [-0.25, -0.2) is 0 Å². The van der Waals surface area contributed by atoms with Crippen LogP contribution in [0.5, 0.6) is 0 Å². The molecule has 0 aromatic carbocycles. The molecule has 4 nitrogen and oxygen atoms in total. The van der Waals surface area contributed by atoms with Crippen molar-refractivity contribution in [3.05, 3.63) is 0 Å². The second-order valence-electron chi connectivity index (χ2n) is 10.0. The summed E-state index contributed by atoms with van der Waals surface area (Å²) in [5.41, 5.74) is 0.459. The summed E-state index contributed by atoms with van der Waals surface area (Å²) in [7, 11) is 0. The first kappa shape index (κ1) is 16.1. The second kappa shape index (κ2) is 5.72. The predicted molar refractivity (Wildman–Crippen MR) is 95.8 cm³/mol. The van der Waals surface area contributed by atoms with Gasteiger partial charge in [0.1, 0.15) is 0 Å². The summed E-state index contributed by atoms with van der Waals surface area (Å²) in [6.45, 7) is 2.04. The van der Waals surface area contributed by atoms with Crippen molar-refractivity contribution in [2.24, 2.45) is 23.2 Å². The van der Waals surface area contributed by atoms with E-state index in [2.05, 4.69) is 10.2 Å². The second-order valence-corrected chi connectivity index (χ2v) is 10.0. The number of nitrogens with one attached hydrogen (secondary N) is 1. The number of carbonyl (C=O) groups is 2. The van der Waals surface area contributed by atoms with E-state index in [1.165, 1.54) is 51.4 Å². The van der Waals surface area contributed by atoms with Crippen LogP contribution in [0.15, 0.2) is 0 Å². The van der Waals surface area contributed by atoms with E-state index in [4.69, 9.17) is 0 Å². The molecule has 0 radical (unpaired) electrons. The van der Waals surface area contributed by atoms with Crippen LogP contribution in [0.2, 0.25) is 0 Å². The Balaban J connectivity index is 1.11. The average Bonchev–Trinajstić information content (AvgIpc) is 3.17. The van der Waals surface area contributed by atoms with Gasteiger partial charge in [-0.3, -0.25) is 9.59 Å². The summed E-state index contributed by atoms with van der Waals surface area (Å²) >= 11 is 0. The Morgan fingerprint density at radius 1 is 0.960 bits per heavy atom. The van der Waals surface area contributed by atoms with Crippen molar-refractivity contribution in [3.63, 3.8) is 0 Å². The highest BCUT2D eigenvalue weighted by Gasteiger charge is 2.56. The molecule has 5 aliphatic rings. The molecule has 0 aromatic heterocycles. The van der Waals surface area contributed by atoms with Crippen molar-refractivity contribution in [1.29, 1.82) is 0 Å². The fourth-order valence-corrected chi connectivity index (χ4v) is 6.86. The largest absolute Gasteiger partial charge is 0.351 e. The van der Waals surface area contributed by atoms with E-state index in [1.807, 2.05) is 0 Å². The molecule has 2 amide bonds. The number of rotatable bonds is 2. The number of nitrogens with zero attached hydrogens (tertiary/aromatic N) is 1. The molecule has 5 fully saturated rings. The van der Waals surface area contributed by atoms with Crippen LogP contribution >= 0.6 is 0 Å². The number of hydrogen-bond acceptors (Lipinski definition) is 2. The maximum absolute atomic E-state index is 12.8. The number of likely N-dealkylation sites (tertiary alicyclic amines) is 1. The lowest BCUT2D eigenvalue weighted by molar-refractivity contribution is -0.154. The predicted octanol–water partition coefficient (Wildman–Crippen LogP) is 3.25. The van der Waals surface area contributed by atoms with Crippen LogP contribution in [0.3, 0.4) is 0 Å². The standard InChI is InChI=1S/C21H32N2O2/c24-18-7-9-21(22-18)11-17(12-21)19(25)23-13-20(14-23)8-6-16(10-20)15-4-2-1-3-5-15/h15-17H,1-14H2,(H,22,24)/t16-,17?,21?/m1/s1. The lowest BCUT2D eigenvalue weighted by atomic mass is 9.66. The Morgan fingerprint density at radius 2 is 1.72 bits per heavy atom. The number of amides is 2. The molecule has 1 atom stereocenters. The molecule has 3 saturated carbocycles. The van der Waals surface area contributed by atoms with Crippen LogP contribution in [0, 0.1) is 23.2 Å². The molecule has 3 aliphatic carbocycles. The van der Waals surface area contributed by atoms with Crippen LogP contribution < -0.4 is 5.32 Å². The molecule has 5 rings (SSSR count). The van der Waals surface area contributed by atoms with Gasteiger partial charge in [-0.1, -0.05) is 32.1 Å². The average molecular weight is 344 g/mol. The molecule has 2 heterocycles. The molecular formula is C21H32N2O2. The molecule has 25 heavy (non-hydrogen) atoms. The molecule has 1 N–H and O–H groups in total. The fourth-order valence-electron chi connectivity index (χ4n) is 6.86. The van der Waals surface area contributed by atoms with E-state index in [0.29, 0.717) is 17.7 Å². The minimum absolute atomic E-state index is 0.0145. The van der Waals surface area contributed by atoms with Crippen molar-refractivity contribution in [3.8, 4) is 0 Å². The van der Waals surface area contributed by atoms with E-state index in [1.54, 1.807) is 0 Å². The van der Waals surface area contributed by atoms with Crippen molar-refractivity contribution in [1.82, 2.24) is 10.2 Å². The summed E-state index contributed by atoms with van der Waals surface area (Å²) in [4.78, 5) is 26.4. The molecule has 2 saturated heterocycles. The molecule has 0 aromatic rings. The van der Waals surface area contributed by atoms with Crippen LogP contribution in [0.4, 0.5) is 0 Å². The molecule has 138 valence electrons. The lowest BCUT2D eigenvalue weighted by Crippen LogP contribution is -2.63. The summed E-state index contributed by atoms with van der Waals surface area (Å²) < 4.78 is 0. The quantitative estimate of drug-likeness (QED) is 0.836. The van der Waals surface area contributed by atoms with Crippen molar-refractivity contribution < 1.29 is 9.59 Å². The van der Waals surface area contributed by atoms with Gasteiger partial charge in [0, 0.05) is 36.4 Å². The monoisotopic (exact) mass is 344 g/mol. The van der Waals surface area contributed by atoms with Gasteiger partial charge in [0.25, 0.3) is 0 Å². The van der Waals surface area contributed by atoms with Gasteiger partial charge in [-0.15, -0.1) is 0 Å². The van der Waals surface area contributed by atoms with Gasteiger partial charge in [-0.2, -0.15) is 0 Å². The van der Waals surface area contributed by atoms with Crippen LogP contribution in [-0.2, 0) is 9.59 Å². The van der Waals surface area contributed by atoms with Crippen molar-refractivity contribution >= 4 is 11.8 Å². The zero-order chi connectivity index (χ0) is 17.1. The first-order chi connectivity index (χ1) is 12.1. The van der Waals surface area contributed by atoms with Gasteiger partial charge in [0.2, 0.25) is 11.8 Å². The van der Waals surface area contributed by atoms with E-state index >= 15 is 0 Å². The molecule has 2 spiro atoms. The minimum atomic E-state index is -0.0145. The van der Waals surface area contributed by atoms with E-state index in [0.717, 1.165) is 44.2 Å². The highest BCUT2D eigenvalue weighted by atomic mass is 16.2. The Morgan fingerprint density at radius 3 is 2.40 bits per heavy atom. The van der Waals surface area contributed by atoms with Crippen LogP contribution in [0.1, 0.15) is 77.0 Å². The Hall–Kier alpha value is -1.06.